The number of hydrogen-bond donors (Lipinski definition) is 1. The Morgan fingerprint density at radius 2 is 1.67 bits per heavy atom. The predicted molar refractivity (Wildman–Crippen MR) is 116 cm³/mol. The zero-order chi connectivity index (χ0) is 21.1. The average molecular weight is 422 g/mol. The first-order chi connectivity index (χ1) is 14.5. The number of amides is 1. The number of sulfonamides is 1. The van der Waals surface area contributed by atoms with E-state index in [0.29, 0.717) is 11.3 Å². The topological polar surface area (TPSA) is 79.4 Å². The third-order valence-corrected chi connectivity index (χ3v) is 6.54. The van der Waals surface area contributed by atoms with Gasteiger partial charge in [0.1, 0.15) is 0 Å². The molecule has 2 aromatic carbocycles. The van der Waals surface area contributed by atoms with E-state index < -0.39 is 10.0 Å². The molecule has 0 saturated heterocycles. The van der Waals surface area contributed by atoms with E-state index in [1.807, 2.05) is 30.0 Å². The second kappa shape index (κ2) is 8.28. The Morgan fingerprint density at radius 1 is 1.00 bits per heavy atom. The van der Waals surface area contributed by atoms with Gasteiger partial charge in [0.15, 0.2) is 0 Å². The van der Waals surface area contributed by atoms with E-state index >= 15 is 0 Å². The molecule has 7 heteroatoms. The summed E-state index contributed by atoms with van der Waals surface area (Å²) < 4.78 is 27.5. The molecule has 154 valence electrons. The number of nitrogens with zero attached hydrogens (tertiary/aromatic N) is 2. The fraction of sp³-hybridized carbons (Fsp3) is 0.217. The van der Waals surface area contributed by atoms with Crippen molar-refractivity contribution in [3.63, 3.8) is 0 Å². The molecule has 1 heterocycles. The van der Waals surface area contributed by atoms with Crippen LogP contribution in [-0.4, -0.2) is 30.3 Å². The summed E-state index contributed by atoms with van der Waals surface area (Å²) in [5, 5.41) is 0. The first-order valence-corrected chi connectivity index (χ1v) is 11.4. The van der Waals surface area contributed by atoms with Crippen molar-refractivity contribution in [3.05, 3.63) is 90.3 Å². The van der Waals surface area contributed by atoms with Crippen LogP contribution in [0.15, 0.2) is 83.9 Å². The number of carbonyl (C=O) groups is 1. The quantitative estimate of drug-likeness (QED) is 0.619. The van der Waals surface area contributed by atoms with Crippen molar-refractivity contribution in [2.45, 2.75) is 36.7 Å². The first-order valence-electron chi connectivity index (χ1n) is 9.87. The van der Waals surface area contributed by atoms with Gasteiger partial charge in [-0.3, -0.25) is 14.5 Å². The number of benzene rings is 2. The van der Waals surface area contributed by atoms with Gasteiger partial charge in [-0.2, -0.15) is 0 Å². The number of hydrogen-bond acceptors (Lipinski definition) is 4. The Hall–Kier alpha value is -3.19. The highest BCUT2D eigenvalue weighted by molar-refractivity contribution is 7.92. The molecule has 4 rings (SSSR count). The SMILES string of the molecule is CC(c1ccccn1)N(C(=O)c1ccc(NS(=O)(=O)c2ccccc2)cc1)C1CC1. The zero-order valence-corrected chi connectivity index (χ0v) is 17.4. The lowest BCUT2D eigenvalue weighted by molar-refractivity contribution is 0.0670. The molecule has 0 aliphatic heterocycles. The third kappa shape index (κ3) is 4.36. The molecule has 1 unspecified atom stereocenters. The van der Waals surface area contributed by atoms with Crippen LogP contribution >= 0.6 is 0 Å². The molecule has 1 atom stereocenters. The highest BCUT2D eigenvalue weighted by atomic mass is 32.2. The number of aromatic nitrogens is 1. The molecule has 6 nitrogen and oxygen atoms in total. The number of anilines is 1. The summed E-state index contributed by atoms with van der Waals surface area (Å²) >= 11 is 0. The Morgan fingerprint density at radius 3 is 2.27 bits per heavy atom. The lowest BCUT2D eigenvalue weighted by Crippen LogP contribution is -2.35. The van der Waals surface area contributed by atoms with Gasteiger partial charge >= 0.3 is 0 Å². The van der Waals surface area contributed by atoms with E-state index in [2.05, 4.69) is 9.71 Å². The van der Waals surface area contributed by atoms with Crippen LogP contribution in [0.25, 0.3) is 0 Å². The molecule has 1 fully saturated rings. The number of carbonyl (C=O) groups excluding carboxylic acids is 1. The smallest absolute Gasteiger partial charge is 0.261 e. The molecule has 3 aromatic rings. The van der Waals surface area contributed by atoms with Crippen LogP contribution in [-0.2, 0) is 10.0 Å². The molecule has 1 aliphatic carbocycles. The summed E-state index contributed by atoms with van der Waals surface area (Å²) in [5.41, 5.74) is 1.78. The van der Waals surface area contributed by atoms with Crippen LogP contribution in [0.2, 0.25) is 0 Å². The molecule has 1 saturated carbocycles. The van der Waals surface area contributed by atoms with Crippen LogP contribution in [0.4, 0.5) is 5.69 Å². The van der Waals surface area contributed by atoms with Gasteiger partial charge in [0.25, 0.3) is 15.9 Å². The van der Waals surface area contributed by atoms with Gasteiger partial charge in [-0.05, 0) is 68.3 Å². The van der Waals surface area contributed by atoms with Crippen molar-refractivity contribution in [1.29, 1.82) is 0 Å². The van der Waals surface area contributed by atoms with Crippen molar-refractivity contribution in [2.24, 2.45) is 0 Å². The van der Waals surface area contributed by atoms with Crippen molar-refractivity contribution < 1.29 is 13.2 Å². The normalized spacial score (nSPS) is 14.7. The number of pyridine rings is 1. The number of rotatable bonds is 7. The van der Waals surface area contributed by atoms with Gasteiger partial charge in [-0.25, -0.2) is 8.42 Å². The maximum atomic E-state index is 13.2. The van der Waals surface area contributed by atoms with Crippen molar-refractivity contribution >= 4 is 21.6 Å². The van der Waals surface area contributed by atoms with Crippen LogP contribution in [0.1, 0.15) is 41.9 Å². The Kier molecular flexibility index (Phi) is 5.55. The minimum Gasteiger partial charge on any atom is -0.327 e. The molecule has 0 bridgehead atoms. The van der Waals surface area contributed by atoms with E-state index in [4.69, 9.17) is 0 Å². The second-order valence-electron chi connectivity index (χ2n) is 7.37. The summed E-state index contributed by atoms with van der Waals surface area (Å²) in [6.07, 6.45) is 3.70. The Balaban J connectivity index is 1.52. The van der Waals surface area contributed by atoms with E-state index in [0.717, 1.165) is 18.5 Å². The van der Waals surface area contributed by atoms with E-state index in [-0.39, 0.29) is 22.9 Å². The standard InChI is InChI=1S/C23H23N3O3S/c1-17(22-9-5-6-16-24-22)26(20-14-15-20)23(27)18-10-12-19(13-11-18)25-30(28,29)21-7-3-2-4-8-21/h2-13,16-17,20,25H,14-15H2,1H3. The lowest BCUT2D eigenvalue weighted by atomic mass is 10.1. The van der Waals surface area contributed by atoms with Gasteiger partial charge < -0.3 is 4.90 Å². The summed E-state index contributed by atoms with van der Waals surface area (Å²) in [6, 6.07) is 20.5. The van der Waals surface area contributed by atoms with Crippen LogP contribution < -0.4 is 4.72 Å². The van der Waals surface area contributed by atoms with Crippen LogP contribution in [0.3, 0.4) is 0 Å². The highest BCUT2D eigenvalue weighted by Gasteiger charge is 2.37. The Labute approximate surface area is 176 Å². The summed E-state index contributed by atoms with van der Waals surface area (Å²) in [7, 11) is -3.67. The molecule has 0 spiro atoms. The minimum atomic E-state index is -3.67. The molecule has 1 aliphatic rings. The van der Waals surface area contributed by atoms with Gasteiger partial charge in [-0.15, -0.1) is 0 Å². The number of nitrogens with one attached hydrogen (secondary N) is 1. The highest BCUT2D eigenvalue weighted by Crippen LogP contribution is 2.35. The molecule has 30 heavy (non-hydrogen) atoms. The molecule has 1 N–H and O–H groups in total. The molecular weight excluding hydrogens is 398 g/mol. The van der Waals surface area contributed by atoms with Crippen molar-refractivity contribution in [2.75, 3.05) is 4.72 Å². The van der Waals surface area contributed by atoms with Gasteiger partial charge in [0.05, 0.1) is 16.6 Å². The lowest BCUT2D eigenvalue weighted by Gasteiger charge is -2.29. The van der Waals surface area contributed by atoms with E-state index in [1.54, 1.807) is 48.7 Å². The average Bonchev–Trinajstić information content (AvgIpc) is 3.60. The van der Waals surface area contributed by atoms with Gasteiger partial charge in [0, 0.05) is 23.5 Å². The Bertz CT molecular complexity index is 1110. The second-order valence-corrected chi connectivity index (χ2v) is 9.05. The van der Waals surface area contributed by atoms with Crippen molar-refractivity contribution in [3.8, 4) is 0 Å². The van der Waals surface area contributed by atoms with Crippen molar-refractivity contribution in [1.82, 2.24) is 9.88 Å². The van der Waals surface area contributed by atoms with Gasteiger partial charge in [-0.1, -0.05) is 24.3 Å². The van der Waals surface area contributed by atoms with Crippen LogP contribution in [0.5, 0.6) is 0 Å². The molecular formula is C23H23N3O3S. The summed E-state index contributed by atoms with van der Waals surface area (Å²) in [4.78, 5) is 19.7. The summed E-state index contributed by atoms with van der Waals surface area (Å²) in [5.74, 6) is -0.0758. The van der Waals surface area contributed by atoms with Gasteiger partial charge in [0.2, 0.25) is 0 Å². The largest absolute Gasteiger partial charge is 0.327 e. The third-order valence-electron chi connectivity index (χ3n) is 5.15. The predicted octanol–water partition coefficient (Wildman–Crippen LogP) is 4.25. The van der Waals surface area contributed by atoms with Crippen LogP contribution in [0, 0.1) is 0 Å². The zero-order valence-electron chi connectivity index (χ0n) is 16.6. The maximum Gasteiger partial charge on any atom is 0.261 e. The monoisotopic (exact) mass is 421 g/mol. The molecule has 0 radical (unpaired) electrons. The molecule has 1 aromatic heterocycles. The minimum absolute atomic E-state index is 0.0758. The first kappa shape index (κ1) is 20.1. The fourth-order valence-corrected chi connectivity index (χ4v) is 4.50. The van der Waals surface area contributed by atoms with E-state index in [9.17, 15) is 13.2 Å². The molecule has 1 amide bonds. The fourth-order valence-electron chi connectivity index (χ4n) is 3.42. The van der Waals surface area contributed by atoms with E-state index in [1.165, 1.54) is 12.1 Å². The maximum absolute atomic E-state index is 13.2. The summed E-state index contributed by atoms with van der Waals surface area (Å²) in [6.45, 7) is 1.99.